The van der Waals surface area contributed by atoms with Crippen molar-refractivity contribution in [3.63, 3.8) is 0 Å². The van der Waals surface area contributed by atoms with Gasteiger partial charge in [-0.05, 0) is 35.4 Å². The maximum atomic E-state index is 11.9. The topological polar surface area (TPSA) is 98.0 Å². The van der Waals surface area contributed by atoms with Crippen LogP contribution in [0.15, 0.2) is 48.9 Å². The van der Waals surface area contributed by atoms with Crippen LogP contribution >= 0.6 is 0 Å². The predicted molar refractivity (Wildman–Crippen MR) is 95.9 cm³/mol. The molecule has 26 heavy (non-hydrogen) atoms. The lowest BCUT2D eigenvalue weighted by molar-refractivity contribution is -0.137. The summed E-state index contributed by atoms with van der Waals surface area (Å²) in [6, 6.07) is 11.4. The van der Waals surface area contributed by atoms with E-state index < -0.39 is 5.97 Å². The molecule has 1 N–H and O–H groups in total. The fourth-order valence-electron chi connectivity index (χ4n) is 3.03. The molecule has 7 heteroatoms. The van der Waals surface area contributed by atoms with Crippen LogP contribution in [0.2, 0.25) is 0 Å². The van der Waals surface area contributed by atoms with Gasteiger partial charge in [0.15, 0.2) is 5.78 Å². The molecule has 0 aliphatic carbocycles. The molecule has 0 unspecified atom stereocenters. The fourth-order valence-corrected chi connectivity index (χ4v) is 3.03. The summed E-state index contributed by atoms with van der Waals surface area (Å²) < 4.78 is 1.34. The lowest BCUT2D eigenvalue weighted by Crippen LogP contribution is -2.10. The number of hydrogen-bond acceptors (Lipinski definition) is 5. The van der Waals surface area contributed by atoms with Gasteiger partial charge in [0, 0.05) is 23.9 Å². The van der Waals surface area contributed by atoms with Gasteiger partial charge in [-0.25, -0.2) is 9.97 Å². The van der Waals surface area contributed by atoms with E-state index >= 15 is 0 Å². The lowest BCUT2D eigenvalue weighted by Gasteiger charge is -2.05. The Morgan fingerprint density at radius 1 is 1.12 bits per heavy atom. The maximum absolute atomic E-state index is 11.9. The monoisotopic (exact) mass is 346 g/mol. The molecule has 128 valence electrons. The van der Waals surface area contributed by atoms with Crippen molar-refractivity contribution >= 4 is 33.6 Å². The molecule has 0 saturated carbocycles. The lowest BCUT2D eigenvalue weighted by atomic mass is 10.0. The van der Waals surface area contributed by atoms with Gasteiger partial charge >= 0.3 is 5.97 Å². The number of carbonyl (C=O) groups excluding carboxylic acids is 1. The highest BCUT2D eigenvalue weighted by Gasteiger charge is 2.16. The molecular weight excluding hydrogens is 332 g/mol. The van der Waals surface area contributed by atoms with E-state index in [1.165, 1.54) is 17.9 Å². The Morgan fingerprint density at radius 3 is 2.65 bits per heavy atom. The third kappa shape index (κ3) is 2.69. The summed E-state index contributed by atoms with van der Waals surface area (Å²) in [4.78, 5) is 31.2. The van der Waals surface area contributed by atoms with Gasteiger partial charge in [-0.3, -0.25) is 14.3 Å². The first-order valence-electron chi connectivity index (χ1n) is 7.96. The number of hydrogen-bond donors (Lipinski definition) is 1. The average molecular weight is 346 g/mol. The van der Waals surface area contributed by atoms with Crippen LogP contribution in [-0.4, -0.2) is 36.6 Å². The number of aromatic nitrogens is 4. The van der Waals surface area contributed by atoms with Crippen molar-refractivity contribution in [1.29, 1.82) is 0 Å². The molecule has 4 rings (SSSR count). The number of nitrogens with zero attached hydrogens (tertiary/aromatic N) is 4. The molecule has 0 saturated heterocycles. The number of carboxylic acids is 1. The first-order chi connectivity index (χ1) is 12.5. The molecule has 7 nitrogen and oxygen atoms in total. The minimum absolute atomic E-state index is 0.205. The van der Waals surface area contributed by atoms with Gasteiger partial charge in [0.25, 0.3) is 0 Å². The molecule has 0 fully saturated rings. The van der Waals surface area contributed by atoms with Crippen molar-refractivity contribution in [3.05, 3.63) is 54.6 Å². The standard InChI is InChI=1S/C19H14N4O3/c1-11(24)19-15-7-13(3-5-17(15)23(22-19)9-18(25)26)12-2-4-16-14(6-12)8-20-10-21-16/h2-8,10H,9H2,1H3,(H,25,26). The molecule has 2 aromatic heterocycles. The van der Waals surface area contributed by atoms with Crippen molar-refractivity contribution in [1.82, 2.24) is 19.7 Å². The van der Waals surface area contributed by atoms with E-state index in [9.17, 15) is 9.59 Å². The molecule has 0 bridgehead atoms. The molecule has 0 atom stereocenters. The quantitative estimate of drug-likeness (QED) is 0.571. The molecule has 0 aliphatic heterocycles. The number of rotatable bonds is 4. The predicted octanol–water partition coefficient (Wildman–Crippen LogP) is 2.93. The Labute approximate surface area is 147 Å². The van der Waals surface area contributed by atoms with Crippen LogP contribution in [0.1, 0.15) is 17.4 Å². The van der Waals surface area contributed by atoms with Gasteiger partial charge in [-0.2, -0.15) is 5.10 Å². The zero-order chi connectivity index (χ0) is 18.3. The zero-order valence-corrected chi connectivity index (χ0v) is 13.9. The molecule has 2 aromatic carbocycles. The van der Waals surface area contributed by atoms with Crippen LogP contribution in [0.3, 0.4) is 0 Å². The van der Waals surface area contributed by atoms with Crippen molar-refractivity contribution in [2.75, 3.05) is 0 Å². The number of benzene rings is 2. The summed E-state index contributed by atoms with van der Waals surface area (Å²) in [5.41, 5.74) is 3.59. The number of carboxylic acid groups (broad SMARTS) is 1. The minimum Gasteiger partial charge on any atom is -0.480 e. The van der Waals surface area contributed by atoms with Gasteiger partial charge in [0.2, 0.25) is 0 Å². The third-order valence-corrected chi connectivity index (χ3v) is 4.21. The van der Waals surface area contributed by atoms with Gasteiger partial charge in [0.1, 0.15) is 18.6 Å². The van der Waals surface area contributed by atoms with Crippen molar-refractivity contribution in [2.24, 2.45) is 0 Å². The highest BCUT2D eigenvalue weighted by molar-refractivity contribution is 6.06. The number of fused-ring (bicyclic) bond motifs is 2. The van der Waals surface area contributed by atoms with Crippen LogP contribution in [-0.2, 0) is 11.3 Å². The van der Waals surface area contributed by atoms with E-state index in [1.807, 2.05) is 30.3 Å². The van der Waals surface area contributed by atoms with Crippen LogP contribution in [0, 0.1) is 0 Å². The normalized spacial score (nSPS) is 11.1. The van der Waals surface area contributed by atoms with Crippen LogP contribution in [0.25, 0.3) is 32.9 Å². The number of aliphatic carboxylic acids is 1. The second-order valence-corrected chi connectivity index (χ2v) is 5.98. The maximum Gasteiger partial charge on any atom is 0.325 e. The van der Waals surface area contributed by atoms with Gasteiger partial charge in [0.05, 0.1) is 11.0 Å². The van der Waals surface area contributed by atoms with E-state index in [2.05, 4.69) is 15.1 Å². The summed E-state index contributed by atoms with van der Waals surface area (Å²) in [6.07, 6.45) is 3.25. The number of carbonyl (C=O) groups is 2. The smallest absolute Gasteiger partial charge is 0.325 e. The minimum atomic E-state index is -1.01. The number of ketones is 1. The van der Waals surface area contributed by atoms with Gasteiger partial charge in [-0.1, -0.05) is 12.1 Å². The van der Waals surface area contributed by atoms with Crippen molar-refractivity contribution in [2.45, 2.75) is 13.5 Å². The van der Waals surface area contributed by atoms with Crippen molar-refractivity contribution < 1.29 is 14.7 Å². The summed E-state index contributed by atoms with van der Waals surface area (Å²) in [7, 11) is 0. The Balaban J connectivity index is 1.89. The zero-order valence-electron chi connectivity index (χ0n) is 13.9. The van der Waals surface area contributed by atoms with Gasteiger partial charge in [-0.15, -0.1) is 0 Å². The number of Topliss-reactive ketones (excluding diaryl/α,β-unsaturated/α-hetero) is 1. The first-order valence-corrected chi connectivity index (χ1v) is 7.96. The Kier molecular flexibility index (Phi) is 3.69. The Bertz CT molecular complexity index is 1180. The summed E-state index contributed by atoms with van der Waals surface area (Å²) in [5.74, 6) is -1.22. The summed E-state index contributed by atoms with van der Waals surface area (Å²) in [5, 5.41) is 14.8. The Morgan fingerprint density at radius 2 is 1.88 bits per heavy atom. The van der Waals surface area contributed by atoms with Crippen LogP contribution < -0.4 is 0 Å². The summed E-state index contributed by atoms with van der Waals surface area (Å²) in [6.45, 7) is 1.13. The fraction of sp³-hybridized carbons (Fsp3) is 0.105. The molecule has 0 spiro atoms. The van der Waals surface area contributed by atoms with E-state index in [0.717, 1.165) is 22.0 Å². The molecule has 2 heterocycles. The van der Waals surface area contributed by atoms with E-state index in [0.29, 0.717) is 10.9 Å². The van der Waals surface area contributed by atoms with E-state index in [4.69, 9.17) is 5.11 Å². The summed E-state index contributed by atoms with van der Waals surface area (Å²) >= 11 is 0. The molecule has 0 amide bonds. The van der Waals surface area contributed by atoms with Crippen LogP contribution in [0.4, 0.5) is 0 Å². The van der Waals surface area contributed by atoms with Gasteiger partial charge < -0.3 is 5.11 Å². The first kappa shape index (κ1) is 15.9. The highest BCUT2D eigenvalue weighted by atomic mass is 16.4. The van der Waals surface area contributed by atoms with E-state index in [1.54, 1.807) is 12.3 Å². The molecule has 0 aliphatic rings. The Hall–Kier alpha value is -3.61. The average Bonchev–Trinajstić information content (AvgIpc) is 2.99. The SMILES string of the molecule is CC(=O)c1nn(CC(=O)O)c2ccc(-c3ccc4ncncc4c3)cc12. The third-order valence-electron chi connectivity index (χ3n) is 4.21. The van der Waals surface area contributed by atoms with Crippen LogP contribution in [0.5, 0.6) is 0 Å². The van der Waals surface area contributed by atoms with E-state index in [-0.39, 0.29) is 18.0 Å². The molecule has 4 aromatic rings. The second kappa shape index (κ2) is 6.03. The van der Waals surface area contributed by atoms with Crippen molar-refractivity contribution in [3.8, 4) is 11.1 Å². The molecular formula is C19H14N4O3. The second-order valence-electron chi connectivity index (χ2n) is 5.98. The highest BCUT2D eigenvalue weighted by Crippen LogP contribution is 2.28. The molecule has 0 radical (unpaired) electrons. The largest absolute Gasteiger partial charge is 0.480 e.